The third-order valence-electron chi connectivity index (χ3n) is 9.36. The molecule has 262 valence electrons. The quantitative estimate of drug-likeness (QED) is 0.166. The lowest BCUT2D eigenvalue weighted by Gasteiger charge is -2.49. The fraction of sp³-hybridized carbons (Fsp3) is 0.122. The van der Waals surface area contributed by atoms with Gasteiger partial charge < -0.3 is 23.3 Å². The van der Waals surface area contributed by atoms with E-state index in [1.54, 1.807) is 65.2 Å². The van der Waals surface area contributed by atoms with Gasteiger partial charge in [-0.25, -0.2) is 24.2 Å². The summed E-state index contributed by atoms with van der Waals surface area (Å²) < 4.78 is 22.7. The SMILES string of the molecule is COC(=O)C1=C(C(=O)OC)N2N=C(c3ccccc3)c3c(c4cc(-c5ccccc5)ccn4c3C#N)C2(c2ccccc2)C(C(=O)OC)=C1C(=O)OC. The van der Waals surface area contributed by atoms with Gasteiger partial charge in [0.15, 0.2) is 5.70 Å². The molecule has 2 aromatic heterocycles. The third kappa shape index (κ3) is 5.01. The normalized spacial score (nSPS) is 16.2. The third-order valence-corrected chi connectivity index (χ3v) is 9.36. The topological polar surface area (TPSA) is 149 Å². The van der Waals surface area contributed by atoms with Gasteiger partial charge in [-0.1, -0.05) is 91.0 Å². The Balaban J connectivity index is 1.83. The number of pyridine rings is 1. The number of hydrogen-bond donors (Lipinski definition) is 0. The summed E-state index contributed by atoms with van der Waals surface area (Å²) in [5.74, 6) is -4.42. The molecule has 53 heavy (non-hydrogen) atoms. The first-order chi connectivity index (χ1) is 25.8. The summed E-state index contributed by atoms with van der Waals surface area (Å²) in [5, 5.41) is 17.2. The second-order valence-electron chi connectivity index (χ2n) is 11.9. The average molecular weight is 707 g/mol. The fourth-order valence-electron chi connectivity index (χ4n) is 7.21. The van der Waals surface area contributed by atoms with E-state index in [1.807, 2.05) is 48.5 Å². The van der Waals surface area contributed by atoms with Crippen molar-refractivity contribution in [2.45, 2.75) is 5.54 Å². The van der Waals surface area contributed by atoms with Crippen molar-refractivity contribution in [2.24, 2.45) is 5.10 Å². The van der Waals surface area contributed by atoms with Crippen LogP contribution in [0, 0.1) is 11.3 Å². The standard InChI is InChI=1S/C41H30N4O8/c1-50-37(46)31-32(38(47)51-2)36(40(49)53-4)45-41(34(31)39(48)52-3,27-18-12-7-13-19-27)33-28-22-26(24-14-8-5-9-15-24)20-21-44(28)29(23-42)30(33)35(43-45)25-16-10-6-11-17-25/h5-22H,1-4H3. The number of rotatable bonds is 7. The first-order valence-corrected chi connectivity index (χ1v) is 16.2. The number of benzene rings is 3. The molecule has 0 saturated carbocycles. The van der Waals surface area contributed by atoms with E-state index in [1.165, 1.54) is 5.01 Å². The van der Waals surface area contributed by atoms with Crippen LogP contribution in [0.25, 0.3) is 16.6 Å². The highest BCUT2D eigenvalue weighted by molar-refractivity contribution is 6.21. The predicted octanol–water partition coefficient (Wildman–Crippen LogP) is 5.05. The number of carbonyl (C=O) groups is 4. The Kier molecular flexibility index (Phi) is 8.69. The molecule has 3 aromatic carbocycles. The van der Waals surface area contributed by atoms with E-state index in [0.29, 0.717) is 27.8 Å². The van der Waals surface area contributed by atoms with Gasteiger partial charge in [-0.3, -0.25) is 0 Å². The zero-order valence-electron chi connectivity index (χ0n) is 28.9. The van der Waals surface area contributed by atoms with Crippen molar-refractivity contribution < 1.29 is 38.1 Å². The second-order valence-corrected chi connectivity index (χ2v) is 11.9. The molecule has 2 aliphatic rings. The number of methoxy groups -OCH3 is 4. The van der Waals surface area contributed by atoms with Crippen molar-refractivity contribution in [3.8, 4) is 17.2 Å². The van der Waals surface area contributed by atoms with Crippen molar-refractivity contribution >= 4 is 35.1 Å². The van der Waals surface area contributed by atoms with Gasteiger partial charge in [0.2, 0.25) is 0 Å². The minimum absolute atomic E-state index is 0.151. The summed E-state index contributed by atoms with van der Waals surface area (Å²) in [5.41, 5.74) is -0.377. The minimum Gasteiger partial charge on any atom is -0.466 e. The molecule has 0 aliphatic carbocycles. The lowest BCUT2D eigenvalue weighted by Crippen LogP contribution is -2.56. The second kappa shape index (κ2) is 13.5. The van der Waals surface area contributed by atoms with E-state index in [9.17, 15) is 24.4 Å². The van der Waals surface area contributed by atoms with Gasteiger partial charge in [-0.05, 0) is 28.8 Å². The van der Waals surface area contributed by atoms with Crippen LogP contribution in [0.4, 0.5) is 0 Å². The Morgan fingerprint density at radius 1 is 0.660 bits per heavy atom. The van der Waals surface area contributed by atoms with E-state index in [4.69, 9.17) is 24.0 Å². The number of nitriles is 1. The highest BCUT2D eigenvalue weighted by Gasteiger charge is 2.61. The summed E-state index contributed by atoms with van der Waals surface area (Å²) in [6, 6.07) is 33.1. The van der Waals surface area contributed by atoms with Gasteiger partial charge in [-0.2, -0.15) is 10.4 Å². The molecule has 7 rings (SSSR count). The number of esters is 4. The van der Waals surface area contributed by atoms with Crippen molar-refractivity contribution in [3.63, 3.8) is 0 Å². The van der Waals surface area contributed by atoms with Crippen LogP contribution < -0.4 is 0 Å². The Morgan fingerprint density at radius 2 is 1.21 bits per heavy atom. The molecule has 0 bridgehead atoms. The van der Waals surface area contributed by atoms with Crippen LogP contribution in [-0.4, -0.2) is 67.4 Å². The molecule has 1 unspecified atom stereocenters. The first kappa shape index (κ1) is 34.2. The largest absolute Gasteiger partial charge is 0.466 e. The number of hydrogen-bond acceptors (Lipinski definition) is 11. The maximum Gasteiger partial charge on any atom is 0.357 e. The molecular formula is C41H30N4O8. The molecule has 1 atom stereocenters. The molecule has 0 saturated heterocycles. The highest BCUT2D eigenvalue weighted by atomic mass is 16.5. The molecule has 4 heterocycles. The summed E-state index contributed by atoms with van der Waals surface area (Å²) in [7, 11) is 4.37. The lowest BCUT2D eigenvalue weighted by molar-refractivity contribution is -0.145. The van der Waals surface area contributed by atoms with Gasteiger partial charge in [0.1, 0.15) is 28.6 Å². The Bertz CT molecular complexity index is 2480. The number of fused-ring (bicyclic) bond motifs is 5. The molecular weight excluding hydrogens is 676 g/mol. The van der Waals surface area contributed by atoms with Gasteiger partial charge in [0, 0.05) is 22.9 Å². The van der Waals surface area contributed by atoms with E-state index in [2.05, 4.69) is 6.07 Å². The van der Waals surface area contributed by atoms with Crippen LogP contribution in [0.1, 0.15) is 27.9 Å². The van der Waals surface area contributed by atoms with Gasteiger partial charge in [0.25, 0.3) is 0 Å². The van der Waals surface area contributed by atoms with Crippen LogP contribution >= 0.6 is 0 Å². The molecule has 0 radical (unpaired) electrons. The maximum absolute atomic E-state index is 14.6. The van der Waals surface area contributed by atoms with Crippen LogP contribution in [0.2, 0.25) is 0 Å². The van der Waals surface area contributed by atoms with Crippen molar-refractivity contribution in [2.75, 3.05) is 28.4 Å². The number of ether oxygens (including phenoxy) is 4. The number of hydrazone groups is 1. The smallest absolute Gasteiger partial charge is 0.357 e. The Hall–Kier alpha value is -7.26. The molecule has 12 nitrogen and oxygen atoms in total. The molecule has 12 heteroatoms. The van der Waals surface area contributed by atoms with Crippen LogP contribution in [-0.2, 0) is 43.7 Å². The van der Waals surface area contributed by atoms with Crippen molar-refractivity contribution in [1.82, 2.24) is 9.41 Å². The zero-order valence-corrected chi connectivity index (χ0v) is 28.9. The summed E-state index contributed by atoms with van der Waals surface area (Å²) in [4.78, 5) is 56.7. The van der Waals surface area contributed by atoms with Crippen LogP contribution in [0.15, 0.2) is 137 Å². The summed E-state index contributed by atoms with van der Waals surface area (Å²) in [6.45, 7) is 0. The van der Waals surface area contributed by atoms with Crippen LogP contribution in [0.5, 0.6) is 0 Å². The molecule has 0 amide bonds. The molecule has 0 spiro atoms. The minimum atomic E-state index is -2.08. The van der Waals surface area contributed by atoms with Gasteiger partial charge >= 0.3 is 23.9 Å². The summed E-state index contributed by atoms with van der Waals surface area (Å²) >= 11 is 0. The zero-order chi connectivity index (χ0) is 37.4. The molecule has 5 aromatic rings. The number of nitrogens with zero attached hydrogens (tertiary/aromatic N) is 4. The molecule has 2 aliphatic heterocycles. The first-order valence-electron chi connectivity index (χ1n) is 16.2. The molecule has 0 N–H and O–H groups in total. The van der Waals surface area contributed by atoms with Gasteiger partial charge in [-0.15, -0.1) is 0 Å². The van der Waals surface area contributed by atoms with Crippen LogP contribution in [0.3, 0.4) is 0 Å². The van der Waals surface area contributed by atoms with E-state index >= 15 is 0 Å². The fourth-order valence-corrected chi connectivity index (χ4v) is 7.21. The maximum atomic E-state index is 14.6. The Labute approximate surface area is 303 Å². The highest BCUT2D eigenvalue weighted by Crippen LogP contribution is 2.56. The Morgan fingerprint density at radius 3 is 1.77 bits per heavy atom. The monoisotopic (exact) mass is 706 g/mol. The van der Waals surface area contributed by atoms with Crippen molar-refractivity contribution in [3.05, 3.63) is 160 Å². The average Bonchev–Trinajstić information content (AvgIpc) is 3.56. The van der Waals surface area contributed by atoms with E-state index < -0.39 is 51.8 Å². The molecule has 0 fully saturated rings. The van der Waals surface area contributed by atoms with Crippen molar-refractivity contribution in [1.29, 1.82) is 5.26 Å². The summed E-state index contributed by atoms with van der Waals surface area (Å²) in [6.07, 6.45) is 1.74. The predicted molar refractivity (Wildman–Crippen MR) is 191 cm³/mol. The van der Waals surface area contributed by atoms with E-state index in [-0.39, 0.29) is 11.4 Å². The lowest BCUT2D eigenvalue weighted by atomic mass is 9.68. The van der Waals surface area contributed by atoms with E-state index in [0.717, 1.165) is 39.6 Å². The number of aromatic nitrogens is 1. The van der Waals surface area contributed by atoms with Gasteiger partial charge in [0.05, 0.1) is 45.1 Å². The number of carbonyl (C=O) groups excluding carboxylic acids is 4.